The third-order valence-corrected chi connectivity index (χ3v) is 3.57. The van der Waals surface area contributed by atoms with Crippen molar-refractivity contribution in [3.8, 4) is 0 Å². The van der Waals surface area contributed by atoms with E-state index in [0.29, 0.717) is 0 Å². The molecule has 0 radical (unpaired) electrons. The monoisotopic (exact) mass is 258 g/mol. The van der Waals surface area contributed by atoms with Gasteiger partial charge in [-0.25, -0.2) is 9.37 Å². The Morgan fingerprint density at radius 3 is 2.89 bits per heavy atom. The van der Waals surface area contributed by atoms with Gasteiger partial charge in [0, 0.05) is 17.9 Å². The molecule has 4 heteroatoms. The first kappa shape index (κ1) is 12.1. The number of benzene rings is 1. The highest BCUT2D eigenvalue weighted by atomic mass is 19.1. The van der Waals surface area contributed by atoms with E-state index in [1.165, 1.54) is 6.07 Å². The zero-order chi connectivity index (χ0) is 13.4. The van der Waals surface area contributed by atoms with E-state index in [0.717, 1.165) is 41.3 Å². The van der Waals surface area contributed by atoms with Crippen LogP contribution >= 0.6 is 0 Å². The van der Waals surface area contributed by atoms with Crippen molar-refractivity contribution >= 4 is 11.5 Å². The summed E-state index contributed by atoms with van der Waals surface area (Å²) in [5.41, 5.74) is 3.67. The number of pyridine rings is 1. The van der Waals surface area contributed by atoms with E-state index in [2.05, 4.69) is 4.98 Å². The number of halogens is 1. The summed E-state index contributed by atoms with van der Waals surface area (Å²) in [5.74, 6) is 0.577. The molecule has 0 saturated heterocycles. The minimum absolute atomic E-state index is 0.00959. The van der Waals surface area contributed by atoms with Crippen molar-refractivity contribution in [2.24, 2.45) is 0 Å². The molecule has 0 unspecified atom stereocenters. The molecule has 3 rings (SSSR count). The average molecular weight is 258 g/mol. The molecule has 2 heterocycles. The van der Waals surface area contributed by atoms with E-state index in [1.54, 1.807) is 6.07 Å². The van der Waals surface area contributed by atoms with Crippen LogP contribution in [0, 0.1) is 12.7 Å². The van der Waals surface area contributed by atoms with Crippen LogP contribution in [0.1, 0.15) is 16.8 Å². The Kier molecular flexibility index (Phi) is 2.95. The smallest absolute Gasteiger partial charge is 0.133 e. The second-order valence-electron chi connectivity index (χ2n) is 4.75. The van der Waals surface area contributed by atoms with Crippen molar-refractivity contribution in [1.82, 2.24) is 4.98 Å². The molecular formula is C15H15FN2O. The highest BCUT2D eigenvalue weighted by Crippen LogP contribution is 2.34. The molecule has 0 bridgehead atoms. The van der Waals surface area contributed by atoms with Crippen LogP contribution < -0.4 is 4.90 Å². The number of aliphatic hydroxyl groups excluding tert-OH is 1. The second kappa shape index (κ2) is 4.63. The summed E-state index contributed by atoms with van der Waals surface area (Å²) >= 11 is 0. The quantitative estimate of drug-likeness (QED) is 0.899. The van der Waals surface area contributed by atoms with Crippen molar-refractivity contribution in [3.63, 3.8) is 0 Å². The second-order valence-corrected chi connectivity index (χ2v) is 4.75. The maximum absolute atomic E-state index is 13.4. The Morgan fingerprint density at radius 1 is 1.32 bits per heavy atom. The summed E-state index contributed by atoms with van der Waals surface area (Å²) in [4.78, 5) is 6.52. The van der Waals surface area contributed by atoms with Crippen LogP contribution in [0.25, 0.3) is 0 Å². The molecule has 0 fully saturated rings. The minimum Gasteiger partial charge on any atom is -0.392 e. The van der Waals surface area contributed by atoms with Gasteiger partial charge >= 0.3 is 0 Å². The van der Waals surface area contributed by atoms with Gasteiger partial charge in [0.15, 0.2) is 0 Å². The molecule has 1 aliphatic rings. The lowest BCUT2D eigenvalue weighted by molar-refractivity contribution is 0.280. The number of aryl methyl sites for hydroxylation is 1. The van der Waals surface area contributed by atoms with Gasteiger partial charge in [0.2, 0.25) is 0 Å². The fraction of sp³-hybridized carbons (Fsp3) is 0.267. The van der Waals surface area contributed by atoms with Gasteiger partial charge < -0.3 is 10.0 Å². The standard InChI is InChI=1S/C15H15FN2O/c1-10-12(9-19)3-5-15(17-10)18-7-6-11-2-4-13(16)8-14(11)18/h2-5,8,19H,6-7,9H2,1H3. The molecule has 98 valence electrons. The largest absolute Gasteiger partial charge is 0.392 e. The number of hydrogen-bond acceptors (Lipinski definition) is 3. The average Bonchev–Trinajstić information content (AvgIpc) is 2.81. The minimum atomic E-state index is -0.227. The number of rotatable bonds is 2. The van der Waals surface area contributed by atoms with Crippen LogP contribution in [-0.2, 0) is 13.0 Å². The lowest BCUT2D eigenvalue weighted by Crippen LogP contribution is -2.15. The van der Waals surface area contributed by atoms with Crippen LogP contribution in [0.3, 0.4) is 0 Å². The van der Waals surface area contributed by atoms with E-state index in [9.17, 15) is 4.39 Å². The van der Waals surface area contributed by atoms with E-state index in [-0.39, 0.29) is 12.4 Å². The third-order valence-electron chi connectivity index (χ3n) is 3.57. The molecule has 0 amide bonds. The lowest BCUT2D eigenvalue weighted by atomic mass is 10.1. The van der Waals surface area contributed by atoms with Gasteiger partial charge in [-0.05, 0) is 42.7 Å². The van der Waals surface area contributed by atoms with Gasteiger partial charge in [0.25, 0.3) is 0 Å². The number of nitrogens with zero attached hydrogens (tertiary/aromatic N) is 2. The van der Waals surface area contributed by atoms with E-state index in [4.69, 9.17) is 5.11 Å². The van der Waals surface area contributed by atoms with E-state index < -0.39 is 0 Å². The molecule has 3 nitrogen and oxygen atoms in total. The number of hydrogen-bond donors (Lipinski definition) is 1. The molecule has 19 heavy (non-hydrogen) atoms. The molecule has 1 aromatic heterocycles. The summed E-state index contributed by atoms with van der Waals surface area (Å²) in [6.07, 6.45) is 0.901. The first-order valence-electron chi connectivity index (χ1n) is 6.32. The van der Waals surface area contributed by atoms with Gasteiger partial charge in [0.1, 0.15) is 11.6 Å². The Labute approximate surface area is 111 Å². The summed E-state index contributed by atoms with van der Waals surface area (Å²) in [7, 11) is 0. The van der Waals surface area contributed by atoms with Gasteiger partial charge in [-0.1, -0.05) is 12.1 Å². The topological polar surface area (TPSA) is 36.4 Å². The van der Waals surface area contributed by atoms with Crippen LogP contribution in [0.5, 0.6) is 0 Å². The highest BCUT2D eigenvalue weighted by Gasteiger charge is 2.22. The van der Waals surface area contributed by atoms with Crippen molar-refractivity contribution in [2.75, 3.05) is 11.4 Å². The molecule has 1 N–H and O–H groups in total. The van der Waals surface area contributed by atoms with Crippen molar-refractivity contribution in [1.29, 1.82) is 0 Å². The van der Waals surface area contributed by atoms with Crippen molar-refractivity contribution < 1.29 is 9.50 Å². The fourth-order valence-corrected chi connectivity index (χ4v) is 2.48. The Balaban J connectivity index is 2.01. The number of anilines is 2. The fourth-order valence-electron chi connectivity index (χ4n) is 2.48. The van der Waals surface area contributed by atoms with Crippen LogP contribution in [0.4, 0.5) is 15.9 Å². The first-order chi connectivity index (χ1) is 9.19. The zero-order valence-electron chi connectivity index (χ0n) is 10.7. The summed E-state index contributed by atoms with van der Waals surface area (Å²) in [6, 6.07) is 8.63. The highest BCUT2D eigenvalue weighted by molar-refractivity contribution is 5.67. The van der Waals surface area contributed by atoms with Gasteiger partial charge in [-0.2, -0.15) is 0 Å². The van der Waals surface area contributed by atoms with Crippen LogP contribution in [0.15, 0.2) is 30.3 Å². The normalized spacial score (nSPS) is 13.7. The Hall–Kier alpha value is -1.94. The molecule has 1 aliphatic heterocycles. The van der Waals surface area contributed by atoms with Crippen LogP contribution in [0.2, 0.25) is 0 Å². The summed E-state index contributed by atoms with van der Waals surface area (Å²) < 4.78 is 13.4. The molecule has 0 saturated carbocycles. The summed E-state index contributed by atoms with van der Waals surface area (Å²) in [6.45, 7) is 2.67. The number of fused-ring (bicyclic) bond motifs is 1. The Bertz CT molecular complexity index is 628. The maximum atomic E-state index is 13.4. The molecule has 0 spiro atoms. The molecule has 1 aromatic carbocycles. The number of aliphatic hydroxyl groups is 1. The molecule has 2 aromatic rings. The van der Waals surface area contributed by atoms with E-state index in [1.807, 2.05) is 30.0 Å². The maximum Gasteiger partial charge on any atom is 0.133 e. The van der Waals surface area contributed by atoms with Gasteiger partial charge in [-0.15, -0.1) is 0 Å². The van der Waals surface area contributed by atoms with Crippen molar-refractivity contribution in [3.05, 3.63) is 53.0 Å². The van der Waals surface area contributed by atoms with Gasteiger partial charge in [-0.3, -0.25) is 0 Å². The van der Waals surface area contributed by atoms with Crippen LogP contribution in [-0.4, -0.2) is 16.6 Å². The Morgan fingerprint density at radius 2 is 2.16 bits per heavy atom. The predicted octanol–water partition coefficient (Wildman–Crippen LogP) is 2.72. The SMILES string of the molecule is Cc1nc(N2CCc3ccc(F)cc32)ccc1CO. The van der Waals surface area contributed by atoms with Gasteiger partial charge in [0.05, 0.1) is 6.61 Å². The molecule has 0 aliphatic carbocycles. The first-order valence-corrected chi connectivity index (χ1v) is 6.32. The number of aromatic nitrogens is 1. The lowest BCUT2D eigenvalue weighted by Gasteiger charge is -2.19. The molecule has 0 atom stereocenters. The van der Waals surface area contributed by atoms with Crippen molar-refractivity contribution in [2.45, 2.75) is 20.0 Å². The summed E-state index contributed by atoms with van der Waals surface area (Å²) in [5, 5.41) is 9.17. The third kappa shape index (κ3) is 2.08. The predicted molar refractivity (Wildman–Crippen MR) is 72.0 cm³/mol. The molecular weight excluding hydrogens is 243 g/mol. The zero-order valence-corrected chi connectivity index (χ0v) is 10.7. The van der Waals surface area contributed by atoms with E-state index >= 15 is 0 Å².